The molecule has 2 atom stereocenters. The minimum absolute atomic E-state index is 0.0230. The van der Waals surface area contributed by atoms with Gasteiger partial charge in [-0.3, -0.25) is 0 Å². The second kappa shape index (κ2) is 8.29. The summed E-state index contributed by atoms with van der Waals surface area (Å²) < 4.78 is 75.4. The van der Waals surface area contributed by atoms with Crippen LogP contribution in [0.4, 0.5) is 22.0 Å². The van der Waals surface area contributed by atoms with Gasteiger partial charge in [0.15, 0.2) is 6.17 Å². The molecule has 1 fully saturated rings. The third kappa shape index (κ3) is 4.29. The average Bonchev–Trinajstić information content (AvgIpc) is 3.55. The number of fused-ring (bicyclic) bond motifs is 1. The highest BCUT2D eigenvalue weighted by Crippen LogP contribution is 2.55. The molecular formula is C27H24F5NO2. The molecule has 1 aliphatic heterocycles. The fourth-order valence-electron chi connectivity index (χ4n) is 4.78. The third-order valence-electron chi connectivity index (χ3n) is 6.75. The van der Waals surface area contributed by atoms with Gasteiger partial charge >= 0.3 is 6.18 Å². The Labute approximate surface area is 199 Å². The largest absolute Gasteiger partial charge is 0.471 e. The van der Waals surface area contributed by atoms with Gasteiger partial charge in [-0.1, -0.05) is 38.1 Å². The molecule has 1 N–H and O–H groups in total. The van der Waals surface area contributed by atoms with Gasteiger partial charge in [0.05, 0.1) is 22.9 Å². The van der Waals surface area contributed by atoms with Crippen molar-refractivity contribution in [3.8, 4) is 17.0 Å². The van der Waals surface area contributed by atoms with E-state index in [0.717, 1.165) is 37.1 Å². The number of benzene rings is 2. The highest BCUT2D eigenvalue weighted by molar-refractivity contribution is 5.76. The number of aliphatic hydroxyl groups is 1. The topological polar surface area (TPSA) is 42.4 Å². The summed E-state index contributed by atoms with van der Waals surface area (Å²) in [4.78, 5) is 4.63. The first-order valence-electron chi connectivity index (χ1n) is 11.5. The molecule has 35 heavy (non-hydrogen) atoms. The maximum absolute atomic E-state index is 16.3. The van der Waals surface area contributed by atoms with Crippen molar-refractivity contribution < 1.29 is 31.8 Å². The summed E-state index contributed by atoms with van der Waals surface area (Å²) in [5.74, 6) is -0.511. The Hall–Kier alpha value is -3.00. The molecule has 0 radical (unpaired) electrons. The highest BCUT2D eigenvalue weighted by atomic mass is 19.4. The lowest BCUT2D eigenvalue weighted by Crippen LogP contribution is -2.29. The van der Waals surface area contributed by atoms with Crippen molar-refractivity contribution in [3.05, 3.63) is 82.3 Å². The van der Waals surface area contributed by atoms with Gasteiger partial charge in [-0.25, -0.2) is 13.8 Å². The zero-order chi connectivity index (χ0) is 25.1. The predicted octanol–water partition coefficient (Wildman–Crippen LogP) is 7.44. The number of ether oxygens (including phenoxy) is 1. The molecule has 3 nitrogen and oxygen atoms in total. The van der Waals surface area contributed by atoms with Crippen LogP contribution in [0.1, 0.15) is 79.3 Å². The first kappa shape index (κ1) is 23.7. The Bertz CT molecular complexity index is 1250. The Balaban J connectivity index is 1.74. The van der Waals surface area contributed by atoms with Crippen molar-refractivity contribution in [2.45, 2.75) is 63.1 Å². The van der Waals surface area contributed by atoms with E-state index in [4.69, 9.17) is 4.74 Å². The number of pyridine rings is 1. The highest BCUT2D eigenvalue weighted by Gasteiger charge is 2.52. The van der Waals surface area contributed by atoms with E-state index in [-0.39, 0.29) is 22.9 Å². The molecule has 1 aromatic heterocycles. The molecule has 184 valence electrons. The van der Waals surface area contributed by atoms with Crippen molar-refractivity contribution in [1.82, 2.24) is 4.98 Å². The van der Waals surface area contributed by atoms with E-state index in [1.54, 1.807) is 0 Å². The van der Waals surface area contributed by atoms with Crippen LogP contribution in [0.25, 0.3) is 11.1 Å². The molecular weight excluding hydrogens is 465 g/mol. The van der Waals surface area contributed by atoms with E-state index in [1.807, 2.05) is 13.8 Å². The smallest absolute Gasteiger partial charge is 0.416 e. The molecule has 0 saturated heterocycles. The minimum Gasteiger partial charge on any atom is -0.471 e. The molecule has 2 aliphatic rings. The number of aliphatic hydroxyl groups excluding tert-OH is 1. The standard InChI is InChI=1S/C27H24F5NO2/c1-14(2)24-22(23(29)16-3-7-17(8-4-16)27(30,31)32)20(15-5-9-18(28)10-6-15)21-19(34)13-26(11-12-26)35-25(21)33-24/h3-10,14,19,23,34H,11-13H2,1-2H3/t19-,23-/m0/s1. The lowest BCUT2D eigenvalue weighted by atomic mass is 9.83. The van der Waals surface area contributed by atoms with Crippen molar-refractivity contribution in [3.63, 3.8) is 0 Å². The summed E-state index contributed by atoms with van der Waals surface area (Å²) in [5, 5.41) is 11.1. The second-order valence-corrected chi connectivity index (χ2v) is 9.65. The average molecular weight is 489 g/mol. The quantitative estimate of drug-likeness (QED) is 0.388. The first-order chi connectivity index (χ1) is 16.5. The number of alkyl halides is 4. The molecule has 2 aromatic carbocycles. The van der Waals surface area contributed by atoms with E-state index in [1.165, 1.54) is 24.3 Å². The maximum atomic E-state index is 16.3. The third-order valence-corrected chi connectivity index (χ3v) is 6.75. The Morgan fingerprint density at radius 3 is 2.20 bits per heavy atom. The molecule has 1 aliphatic carbocycles. The van der Waals surface area contributed by atoms with Crippen molar-refractivity contribution >= 4 is 0 Å². The lowest BCUT2D eigenvalue weighted by molar-refractivity contribution is -0.137. The van der Waals surface area contributed by atoms with Crippen molar-refractivity contribution in [2.24, 2.45) is 0 Å². The minimum atomic E-state index is -4.54. The number of hydrogen-bond donors (Lipinski definition) is 1. The molecule has 0 unspecified atom stereocenters. The summed E-state index contributed by atoms with van der Waals surface area (Å²) in [5.41, 5.74) is 0.314. The Morgan fingerprint density at radius 2 is 1.66 bits per heavy atom. The van der Waals surface area contributed by atoms with Crippen molar-refractivity contribution in [1.29, 1.82) is 0 Å². The second-order valence-electron chi connectivity index (χ2n) is 9.65. The van der Waals surface area contributed by atoms with Gasteiger partial charge in [-0.15, -0.1) is 0 Å². The van der Waals surface area contributed by atoms with Crippen LogP contribution in [0.3, 0.4) is 0 Å². The first-order valence-corrected chi connectivity index (χ1v) is 11.5. The SMILES string of the molecule is CC(C)c1nc2c(c(-c3ccc(F)cc3)c1[C@@H](F)c1ccc(C(F)(F)F)cc1)[C@@H](O)CC1(CC1)O2. The molecule has 2 heterocycles. The maximum Gasteiger partial charge on any atom is 0.416 e. The number of nitrogens with zero attached hydrogens (tertiary/aromatic N) is 1. The zero-order valence-electron chi connectivity index (χ0n) is 19.2. The van der Waals surface area contributed by atoms with Gasteiger partial charge in [-0.05, 0) is 54.2 Å². The summed E-state index contributed by atoms with van der Waals surface area (Å²) >= 11 is 0. The zero-order valence-corrected chi connectivity index (χ0v) is 19.2. The molecule has 5 rings (SSSR count). The van der Waals surface area contributed by atoms with Crippen LogP contribution in [-0.4, -0.2) is 15.7 Å². The molecule has 0 amide bonds. The fraction of sp³-hybridized carbons (Fsp3) is 0.370. The fourth-order valence-corrected chi connectivity index (χ4v) is 4.78. The number of aromatic nitrogens is 1. The van der Waals surface area contributed by atoms with Gasteiger partial charge < -0.3 is 9.84 Å². The van der Waals surface area contributed by atoms with Crippen LogP contribution >= 0.6 is 0 Å². The molecule has 0 bridgehead atoms. The number of rotatable bonds is 4. The number of halogens is 5. The van der Waals surface area contributed by atoms with E-state index < -0.39 is 35.4 Å². The summed E-state index contributed by atoms with van der Waals surface area (Å²) in [6, 6.07) is 9.37. The number of hydrogen-bond acceptors (Lipinski definition) is 3. The van der Waals surface area contributed by atoms with E-state index in [9.17, 15) is 22.7 Å². The van der Waals surface area contributed by atoms with Gasteiger partial charge in [0.1, 0.15) is 11.4 Å². The molecule has 1 saturated carbocycles. The van der Waals surface area contributed by atoms with Crippen LogP contribution < -0.4 is 4.74 Å². The van der Waals surface area contributed by atoms with Crippen LogP contribution in [-0.2, 0) is 6.18 Å². The van der Waals surface area contributed by atoms with E-state index in [2.05, 4.69) is 4.98 Å². The van der Waals surface area contributed by atoms with Gasteiger partial charge in [-0.2, -0.15) is 13.2 Å². The van der Waals surface area contributed by atoms with Gasteiger partial charge in [0.2, 0.25) is 5.88 Å². The lowest BCUT2D eigenvalue weighted by Gasteiger charge is -2.33. The van der Waals surface area contributed by atoms with Crippen molar-refractivity contribution in [2.75, 3.05) is 0 Å². The van der Waals surface area contributed by atoms with E-state index in [0.29, 0.717) is 28.8 Å². The monoisotopic (exact) mass is 489 g/mol. The Morgan fingerprint density at radius 1 is 1.03 bits per heavy atom. The van der Waals surface area contributed by atoms with Crippen LogP contribution in [0.15, 0.2) is 48.5 Å². The summed E-state index contributed by atoms with van der Waals surface area (Å²) in [6.45, 7) is 3.66. The van der Waals surface area contributed by atoms with Gasteiger partial charge in [0, 0.05) is 17.5 Å². The normalized spacial score (nSPS) is 19.4. The Kier molecular flexibility index (Phi) is 5.62. The predicted molar refractivity (Wildman–Crippen MR) is 120 cm³/mol. The summed E-state index contributed by atoms with van der Waals surface area (Å²) in [7, 11) is 0. The van der Waals surface area contributed by atoms with Gasteiger partial charge in [0.25, 0.3) is 0 Å². The van der Waals surface area contributed by atoms with Crippen LogP contribution in [0.2, 0.25) is 0 Å². The molecule has 1 spiro atoms. The molecule has 8 heteroatoms. The summed E-state index contributed by atoms with van der Waals surface area (Å²) in [6.07, 6.45) is -5.46. The van der Waals surface area contributed by atoms with Crippen LogP contribution in [0.5, 0.6) is 5.88 Å². The molecule has 3 aromatic rings. The van der Waals surface area contributed by atoms with Crippen LogP contribution in [0, 0.1) is 5.82 Å². The van der Waals surface area contributed by atoms with E-state index >= 15 is 4.39 Å².